The van der Waals surface area contributed by atoms with Crippen molar-refractivity contribution in [3.05, 3.63) is 78.5 Å². The molecule has 0 fully saturated rings. The molecule has 3 aromatic carbocycles. The van der Waals surface area contributed by atoms with Gasteiger partial charge in [-0.1, -0.05) is 35.9 Å². The quantitative estimate of drug-likeness (QED) is 0.495. The van der Waals surface area contributed by atoms with Gasteiger partial charge in [-0.3, -0.25) is 4.98 Å². The van der Waals surface area contributed by atoms with Gasteiger partial charge in [0.25, 0.3) is 0 Å². The van der Waals surface area contributed by atoms with E-state index in [1.54, 1.807) is 24.3 Å². The molecule has 7 heteroatoms. The van der Waals surface area contributed by atoms with Crippen LogP contribution in [0.5, 0.6) is 11.5 Å². The second-order valence-electron chi connectivity index (χ2n) is 7.31. The third kappa shape index (κ3) is 3.57. The molecule has 156 valence electrons. The van der Waals surface area contributed by atoms with Gasteiger partial charge in [-0.2, -0.15) is 0 Å². The third-order valence-electron chi connectivity index (χ3n) is 5.17. The van der Waals surface area contributed by atoms with Crippen LogP contribution in [0.25, 0.3) is 10.9 Å². The van der Waals surface area contributed by atoms with Crippen LogP contribution in [-0.2, 0) is 9.84 Å². The number of nitrogens with zero attached hydrogens (tertiary/aromatic N) is 1. The van der Waals surface area contributed by atoms with Gasteiger partial charge in [-0.25, -0.2) is 8.42 Å². The van der Waals surface area contributed by atoms with Gasteiger partial charge in [0.2, 0.25) is 9.84 Å². The first-order valence-corrected chi connectivity index (χ1v) is 11.4. The van der Waals surface area contributed by atoms with Crippen molar-refractivity contribution in [2.24, 2.45) is 0 Å². The van der Waals surface area contributed by atoms with Gasteiger partial charge in [0.15, 0.2) is 11.5 Å². The number of ether oxygens (including phenoxy) is 2. The number of benzene rings is 3. The van der Waals surface area contributed by atoms with E-state index in [4.69, 9.17) is 9.47 Å². The summed E-state index contributed by atoms with van der Waals surface area (Å²) in [6, 6.07) is 19.7. The lowest BCUT2D eigenvalue weighted by molar-refractivity contribution is 0.171. The van der Waals surface area contributed by atoms with Crippen molar-refractivity contribution in [1.29, 1.82) is 0 Å². The number of sulfone groups is 1. The summed E-state index contributed by atoms with van der Waals surface area (Å²) in [4.78, 5) is 4.74. The number of nitrogens with one attached hydrogen (secondary N) is 1. The molecule has 0 saturated heterocycles. The van der Waals surface area contributed by atoms with Crippen LogP contribution in [0.2, 0.25) is 0 Å². The number of para-hydroxylation sites is 1. The number of hydrogen-bond donors (Lipinski definition) is 1. The molecule has 0 spiro atoms. The van der Waals surface area contributed by atoms with Crippen LogP contribution < -0.4 is 14.8 Å². The molecule has 1 aliphatic heterocycles. The highest BCUT2D eigenvalue weighted by Gasteiger charge is 2.24. The predicted molar refractivity (Wildman–Crippen MR) is 119 cm³/mol. The first-order valence-electron chi connectivity index (χ1n) is 9.88. The molecule has 0 saturated carbocycles. The predicted octanol–water partition coefficient (Wildman–Crippen LogP) is 4.89. The summed E-state index contributed by atoms with van der Waals surface area (Å²) in [5.41, 5.74) is 2.86. The average molecular weight is 433 g/mol. The van der Waals surface area contributed by atoms with Gasteiger partial charge in [0, 0.05) is 23.3 Å². The Kier molecular flexibility index (Phi) is 4.75. The van der Waals surface area contributed by atoms with Gasteiger partial charge >= 0.3 is 0 Å². The van der Waals surface area contributed by atoms with Crippen molar-refractivity contribution in [1.82, 2.24) is 4.98 Å². The Morgan fingerprint density at radius 3 is 2.45 bits per heavy atom. The molecule has 0 amide bonds. The van der Waals surface area contributed by atoms with E-state index in [0.29, 0.717) is 47.0 Å². The minimum absolute atomic E-state index is 0.116. The minimum atomic E-state index is -3.80. The van der Waals surface area contributed by atoms with Crippen LogP contribution in [0.4, 0.5) is 11.4 Å². The molecule has 0 aliphatic carbocycles. The summed E-state index contributed by atoms with van der Waals surface area (Å²) in [7, 11) is -3.80. The molecule has 0 radical (unpaired) electrons. The van der Waals surface area contributed by atoms with Gasteiger partial charge in [0.1, 0.15) is 18.1 Å². The highest BCUT2D eigenvalue weighted by Crippen LogP contribution is 2.38. The van der Waals surface area contributed by atoms with Crippen LogP contribution in [-0.4, -0.2) is 26.6 Å². The lowest BCUT2D eigenvalue weighted by Gasteiger charge is -2.20. The topological polar surface area (TPSA) is 77.5 Å². The number of rotatable bonds is 4. The van der Waals surface area contributed by atoms with Crippen molar-refractivity contribution in [2.75, 3.05) is 18.5 Å². The molecule has 1 aromatic heterocycles. The SMILES string of the molecule is Cc1ccc(S(=O)(=O)c2cnc3ccccc3c2Nc2ccc3c(c2)OCCO3)cc1. The molecule has 2 heterocycles. The summed E-state index contributed by atoms with van der Waals surface area (Å²) in [6.07, 6.45) is 1.41. The zero-order valence-corrected chi connectivity index (χ0v) is 17.6. The normalized spacial score (nSPS) is 13.2. The molecule has 0 bridgehead atoms. The highest BCUT2D eigenvalue weighted by molar-refractivity contribution is 7.91. The zero-order chi connectivity index (χ0) is 21.4. The van der Waals surface area contributed by atoms with E-state index >= 15 is 0 Å². The molecular weight excluding hydrogens is 412 g/mol. The van der Waals surface area contributed by atoms with Gasteiger partial charge in [-0.05, 0) is 37.3 Å². The minimum Gasteiger partial charge on any atom is -0.486 e. The Morgan fingerprint density at radius 2 is 1.65 bits per heavy atom. The monoisotopic (exact) mass is 432 g/mol. The second kappa shape index (κ2) is 7.59. The Bertz CT molecular complexity index is 1380. The van der Waals surface area contributed by atoms with E-state index in [0.717, 1.165) is 5.56 Å². The van der Waals surface area contributed by atoms with Crippen molar-refractivity contribution in [3.63, 3.8) is 0 Å². The summed E-state index contributed by atoms with van der Waals surface area (Å²) < 4.78 is 38.3. The van der Waals surface area contributed by atoms with Crippen LogP contribution in [0.3, 0.4) is 0 Å². The maximum atomic E-state index is 13.5. The molecular formula is C24H20N2O4S. The fraction of sp³-hybridized carbons (Fsp3) is 0.125. The Hall–Kier alpha value is -3.58. The molecule has 1 N–H and O–H groups in total. The number of fused-ring (bicyclic) bond motifs is 2. The zero-order valence-electron chi connectivity index (χ0n) is 16.8. The lowest BCUT2D eigenvalue weighted by atomic mass is 10.1. The Morgan fingerprint density at radius 1 is 0.903 bits per heavy atom. The molecule has 0 atom stereocenters. The maximum absolute atomic E-state index is 13.5. The molecule has 1 aliphatic rings. The number of pyridine rings is 1. The van der Waals surface area contributed by atoms with E-state index in [9.17, 15) is 8.42 Å². The Labute approximate surface area is 180 Å². The standard InChI is InChI=1S/C24H20N2O4S/c1-16-6-9-18(10-7-16)31(27,28)23-15-25-20-5-3-2-4-19(20)24(23)26-17-8-11-21-22(14-17)30-13-12-29-21/h2-11,14-15H,12-13H2,1H3,(H,25,26). The molecule has 5 rings (SSSR count). The number of anilines is 2. The van der Waals surface area contributed by atoms with Crippen molar-refractivity contribution in [3.8, 4) is 11.5 Å². The number of aryl methyl sites for hydroxylation is 1. The third-order valence-corrected chi connectivity index (χ3v) is 6.95. The summed E-state index contributed by atoms with van der Waals surface area (Å²) in [5, 5.41) is 4.01. The van der Waals surface area contributed by atoms with Gasteiger partial charge in [-0.15, -0.1) is 0 Å². The largest absolute Gasteiger partial charge is 0.486 e. The van der Waals surface area contributed by atoms with Crippen LogP contribution in [0.15, 0.2) is 82.7 Å². The first kappa shape index (κ1) is 19.4. The first-order chi connectivity index (χ1) is 15.0. The van der Waals surface area contributed by atoms with Crippen molar-refractivity contribution in [2.45, 2.75) is 16.7 Å². The number of aromatic nitrogens is 1. The Balaban J connectivity index is 1.66. The summed E-state index contributed by atoms with van der Waals surface area (Å²) in [5.74, 6) is 1.29. The van der Waals surface area contributed by atoms with Gasteiger partial charge in [0.05, 0.1) is 16.1 Å². The van der Waals surface area contributed by atoms with Gasteiger partial charge < -0.3 is 14.8 Å². The fourth-order valence-corrected chi connectivity index (χ4v) is 4.94. The second-order valence-corrected chi connectivity index (χ2v) is 9.23. The smallest absolute Gasteiger partial charge is 0.210 e. The van der Waals surface area contributed by atoms with Crippen LogP contribution in [0.1, 0.15) is 5.56 Å². The molecule has 4 aromatic rings. The molecule has 0 unspecified atom stereocenters. The summed E-state index contributed by atoms with van der Waals surface area (Å²) in [6.45, 7) is 2.90. The van der Waals surface area contributed by atoms with Crippen LogP contribution >= 0.6 is 0 Å². The average Bonchev–Trinajstić information content (AvgIpc) is 2.79. The van der Waals surface area contributed by atoms with E-state index in [-0.39, 0.29) is 9.79 Å². The fourth-order valence-electron chi connectivity index (χ4n) is 3.57. The summed E-state index contributed by atoms with van der Waals surface area (Å²) >= 11 is 0. The van der Waals surface area contributed by atoms with E-state index in [1.807, 2.05) is 49.4 Å². The van der Waals surface area contributed by atoms with Crippen molar-refractivity contribution >= 4 is 32.1 Å². The molecule has 6 nitrogen and oxygen atoms in total. The van der Waals surface area contributed by atoms with E-state index in [1.165, 1.54) is 6.20 Å². The molecule has 31 heavy (non-hydrogen) atoms. The highest BCUT2D eigenvalue weighted by atomic mass is 32.2. The van der Waals surface area contributed by atoms with Crippen molar-refractivity contribution < 1.29 is 17.9 Å². The maximum Gasteiger partial charge on any atom is 0.210 e. The van der Waals surface area contributed by atoms with Crippen LogP contribution in [0, 0.1) is 6.92 Å². The van der Waals surface area contributed by atoms with E-state index in [2.05, 4.69) is 10.3 Å². The van der Waals surface area contributed by atoms with E-state index < -0.39 is 9.84 Å². The number of hydrogen-bond acceptors (Lipinski definition) is 6. The lowest BCUT2D eigenvalue weighted by Crippen LogP contribution is -2.15.